The third-order valence-electron chi connectivity index (χ3n) is 2.69. The molecule has 2 heteroatoms. The molecule has 1 aromatic carbocycles. The summed E-state index contributed by atoms with van der Waals surface area (Å²) < 4.78 is 5.22. The maximum atomic E-state index is 5.22. The fourth-order valence-corrected chi connectivity index (χ4v) is 1.97. The van der Waals surface area contributed by atoms with E-state index in [1.807, 2.05) is 6.07 Å². The highest BCUT2D eigenvalue weighted by Crippen LogP contribution is 2.29. The zero-order valence-electron chi connectivity index (χ0n) is 9.36. The second-order valence-corrected chi connectivity index (χ2v) is 3.77. The highest BCUT2D eigenvalue weighted by molar-refractivity contribution is 5.72. The fraction of sp³-hybridized carbons (Fsp3) is 0.385. The minimum absolute atomic E-state index is 0.928. The first-order valence-electron chi connectivity index (χ1n) is 5.44. The van der Waals surface area contributed by atoms with Crippen LogP contribution in [0.4, 0.5) is 5.69 Å². The minimum atomic E-state index is 0.928. The molecular formula is C13H17NO. The first-order valence-corrected chi connectivity index (χ1v) is 5.44. The van der Waals surface area contributed by atoms with Crippen LogP contribution < -0.4 is 9.64 Å². The molecule has 0 N–H and O–H groups in total. The zero-order valence-corrected chi connectivity index (χ0v) is 9.36. The molecule has 0 amide bonds. The Labute approximate surface area is 91.2 Å². The Morgan fingerprint density at radius 2 is 2.27 bits per heavy atom. The van der Waals surface area contributed by atoms with Crippen LogP contribution in [0.2, 0.25) is 0 Å². The SMILES string of the molecule is CCCN1CC=Cc2cc(OC)ccc21. The predicted octanol–water partition coefficient (Wildman–Crippen LogP) is 2.94. The molecule has 2 nitrogen and oxygen atoms in total. The van der Waals surface area contributed by atoms with E-state index >= 15 is 0 Å². The number of benzene rings is 1. The maximum Gasteiger partial charge on any atom is 0.119 e. The fourth-order valence-electron chi connectivity index (χ4n) is 1.97. The summed E-state index contributed by atoms with van der Waals surface area (Å²) in [6.45, 7) is 4.35. The van der Waals surface area contributed by atoms with Crippen molar-refractivity contribution in [1.29, 1.82) is 0 Å². The van der Waals surface area contributed by atoms with Crippen molar-refractivity contribution in [2.45, 2.75) is 13.3 Å². The lowest BCUT2D eigenvalue weighted by Gasteiger charge is -2.27. The quantitative estimate of drug-likeness (QED) is 0.749. The van der Waals surface area contributed by atoms with Crippen molar-refractivity contribution in [2.24, 2.45) is 0 Å². The minimum Gasteiger partial charge on any atom is -0.497 e. The lowest BCUT2D eigenvalue weighted by Crippen LogP contribution is -2.26. The summed E-state index contributed by atoms with van der Waals surface area (Å²) in [6, 6.07) is 6.27. The van der Waals surface area contributed by atoms with Crippen LogP contribution in [0.1, 0.15) is 18.9 Å². The van der Waals surface area contributed by atoms with Gasteiger partial charge in [0.1, 0.15) is 5.75 Å². The average Bonchev–Trinajstić information content (AvgIpc) is 2.29. The van der Waals surface area contributed by atoms with Crippen molar-refractivity contribution in [3.05, 3.63) is 29.8 Å². The van der Waals surface area contributed by atoms with E-state index in [0.29, 0.717) is 0 Å². The molecule has 0 fully saturated rings. The summed E-state index contributed by atoms with van der Waals surface area (Å²) in [5.41, 5.74) is 2.58. The molecule has 0 aliphatic carbocycles. The number of fused-ring (bicyclic) bond motifs is 1. The van der Waals surface area contributed by atoms with E-state index in [-0.39, 0.29) is 0 Å². The number of rotatable bonds is 3. The highest BCUT2D eigenvalue weighted by Gasteiger charge is 2.12. The van der Waals surface area contributed by atoms with Gasteiger partial charge >= 0.3 is 0 Å². The first kappa shape index (κ1) is 10.1. The van der Waals surface area contributed by atoms with Crippen molar-refractivity contribution in [2.75, 3.05) is 25.1 Å². The van der Waals surface area contributed by atoms with E-state index in [2.05, 4.69) is 36.1 Å². The number of methoxy groups -OCH3 is 1. The Hall–Kier alpha value is -1.44. The number of nitrogens with zero attached hydrogens (tertiary/aromatic N) is 1. The molecule has 0 atom stereocenters. The first-order chi connectivity index (χ1) is 7.35. The van der Waals surface area contributed by atoms with Crippen LogP contribution >= 0.6 is 0 Å². The second-order valence-electron chi connectivity index (χ2n) is 3.77. The average molecular weight is 203 g/mol. The van der Waals surface area contributed by atoms with Gasteiger partial charge in [0.25, 0.3) is 0 Å². The number of hydrogen-bond donors (Lipinski definition) is 0. The van der Waals surface area contributed by atoms with Gasteiger partial charge in [0.05, 0.1) is 7.11 Å². The van der Waals surface area contributed by atoms with Crippen molar-refractivity contribution in [3.8, 4) is 5.75 Å². The lowest BCUT2D eigenvalue weighted by molar-refractivity contribution is 0.414. The van der Waals surface area contributed by atoms with E-state index in [9.17, 15) is 0 Å². The summed E-state index contributed by atoms with van der Waals surface area (Å²) in [4.78, 5) is 2.40. The monoisotopic (exact) mass is 203 g/mol. The normalized spacial score (nSPS) is 13.9. The molecule has 0 saturated carbocycles. The van der Waals surface area contributed by atoms with Gasteiger partial charge in [-0.15, -0.1) is 0 Å². The summed E-state index contributed by atoms with van der Waals surface area (Å²) in [5, 5.41) is 0. The van der Waals surface area contributed by atoms with Crippen LogP contribution in [0.15, 0.2) is 24.3 Å². The molecule has 0 bridgehead atoms. The topological polar surface area (TPSA) is 12.5 Å². The highest BCUT2D eigenvalue weighted by atomic mass is 16.5. The largest absolute Gasteiger partial charge is 0.497 e. The van der Waals surface area contributed by atoms with Crippen molar-refractivity contribution in [1.82, 2.24) is 0 Å². The van der Waals surface area contributed by atoms with Gasteiger partial charge < -0.3 is 9.64 Å². The Balaban J connectivity index is 2.33. The van der Waals surface area contributed by atoms with Gasteiger partial charge in [-0.25, -0.2) is 0 Å². The third kappa shape index (κ3) is 1.99. The van der Waals surface area contributed by atoms with Crippen LogP contribution in [0.3, 0.4) is 0 Å². The van der Waals surface area contributed by atoms with Gasteiger partial charge in [-0.05, 0) is 24.6 Å². The summed E-state index contributed by atoms with van der Waals surface area (Å²) in [5.74, 6) is 0.928. The van der Waals surface area contributed by atoms with Crippen LogP contribution in [0.25, 0.3) is 6.08 Å². The van der Waals surface area contributed by atoms with Crippen molar-refractivity contribution < 1.29 is 4.74 Å². The molecule has 0 spiro atoms. The smallest absolute Gasteiger partial charge is 0.119 e. The molecule has 1 heterocycles. The van der Waals surface area contributed by atoms with Crippen LogP contribution in [0, 0.1) is 0 Å². The van der Waals surface area contributed by atoms with Gasteiger partial charge in [-0.1, -0.05) is 19.1 Å². The van der Waals surface area contributed by atoms with Crippen LogP contribution in [-0.4, -0.2) is 20.2 Å². The van der Waals surface area contributed by atoms with Crippen molar-refractivity contribution in [3.63, 3.8) is 0 Å². The molecule has 0 saturated heterocycles. The Kier molecular flexibility index (Phi) is 2.95. The van der Waals surface area contributed by atoms with E-state index < -0.39 is 0 Å². The molecule has 0 radical (unpaired) electrons. The molecule has 1 aliphatic rings. The van der Waals surface area contributed by atoms with Gasteiger partial charge in [0.15, 0.2) is 0 Å². The molecule has 1 aliphatic heterocycles. The zero-order chi connectivity index (χ0) is 10.7. The number of anilines is 1. The molecule has 0 aromatic heterocycles. The predicted molar refractivity (Wildman–Crippen MR) is 64.5 cm³/mol. The van der Waals surface area contributed by atoms with E-state index in [4.69, 9.17) is 4.74 Å². The molecule has 2 rings (SSSR count). The van der Waals surface area contributed by atoms with E-state index in [1.54, 1.807) is 7.11 Å². The Morgan fingerprint density at radius 1 is 1.40 bits per heavy atom. The van der Waals surface area contributed by atoms with Crippen LogP contribution in [0.5, 0.6) is 5.75 Å². The standard InChI is InChI=1S/C13H17NO/c1-3-8-14-9-4-5-11-10-12(15-2)6-7-13(11)14/h4-7,10H,3,8-9H2,1-2H3. The Bertz CT molecular complexity index is 371. The summed E-state index contributed by atoms with van der Waals surface area (Å²) in [7, 11) is 1.71. The van der Waals surface area contributed by atoms with Crippen LogP contribution in [-0.2, 0) is 0 Å². The molecule has 15 heavy (non-hydrogen) atoms. The van der Waals surface area contributed by atoms with E-state index in [1.165, 1.54) is 17.7 Å². The van der Waals surface area contributed by atoms with Crippen molar-refractivity contribution >= 4 is 11.8 Å². The lowest BCUT2D eigenvalue weighted by atomic mass is 10.1. The molecule has 1 aromatic rings. The van der Waals surface area contributed by atoms with Gasteiger partial charge in [0.2, 0.25) is 0 Å². The second kappa shape index (κ2) is 4.39. The molecular weight excluding hydrogens is 186 g/mol. The van der Waals surface area contributed by atoms with Gasteiger partial charge in [0, 0.05) is 24.3 Å². The third-order valence-corrected chi connectivity index (χ3v) is 2.69. The van der Waals surface area contributed by atoms with Gasteiger partial charge in [-0.3, -0.25) is 0 Å². The Morgan fingerprint density at radius 3 is 3.00 bits per heavy atom. The van der Waals surface area contributed by atoms with E-state index in [0.717, 1.165) is 18.8 Å². The molecule has 80 valence electrons. The summed E-state index contributed by atoms with van der Waals surface area (Å²) in [6.07, 6.45) is 5.56. The van der Waals surface area contributed by atoms with Gasteiger partial charge in [-0.2, -0.15) is 0 Å². The molecule has 0 unspecified atom stereocenters. The summed E-state index contributed by atoms with van der Waals surface area (Å²) >= 11 is 0. The number of hydrogen-bond acceptors (Lipinski definition) is 2. The maximum absolute atomic E-state index is 5.22. The number of ether oxygens (including phenoxy) is 1.